The zero-order valence-electron chi connectivity index (χ0n) is 7.16. The maximum Gasteiger partial charge on any atom is 0.192 e. The first kappa shape index (κ1) is 9.54. The average Bonchev–Trinajstić information content (AvgIpc) is 2.63. The molecule has 0 unspecified atom stereocenters. The van der Waals surface area contributed by atoms with Gasteiger partial charge in [-0.25, -0.2) is 0 Å². The smallest absolute Gasteiger partial charge is 0.192 e. The highest BCUT2D eigenvalue weighted by atomic mass is 79.9. The Balaban J connectivity index is 2.60. The Morgan fingerprint density at radius 3 is 2.79 bits per heavy atom. The number of nitrogens with two attached hydrogens (primary N) is 1. The van der Waals surface area contributed by atoms with Crippen LogP contribution in [0.2, 0.25) is 5.02 Å². The summed E-state index contributed by atoms with van der Waals surface area (Å²) >= 11 is 9.23. The SMILES string of the molecule is Cn1ncc(-c2onc(N)c2Cl)c1Br. The van der Waals surface area contributed by atoms with Gasteiger partial charge in [0.15, 0.2) is 11.6 Å². The molecule has 2 N–H and O–H groups in total. The van der Waals surface area contributed by atoms with E-state index in [4.69, 9.17) is 21.9 Å². The minimum Gasteiger partial charge on any atom is -0.380 e. The second-order valence-corrected chi connectivity index (χ2v) is 3.81. The number of nitrogen functional groups attached to an aromatic ring is 1. The van der Waals surface area contributed by atoms with Gasteiger partial charge in [-0.1, -0.05) is 16.8 Å². The van der Waals surface area contributed by atoms with Crippen LogP contribution in [0, 0.1) is 0 Å². The lowest BCUT2D eigenvalue weighted by Crippen LogP contribution is -1.88. The quantitative estimate of drug-likeness (QED) is 0.866. The molecule has 0 aliphatic rings. The van der Waals surface area contributed by atoms with Crippen LogP contribution in [-0.4, -0.2) is 14.9 Å². The molecule has 2 rings (SSSR count). The largest absolute Gasteiger partial charge is 0.380 e. The van der Waals surface area contributed by atoms with Crippen LogP contribution in [0.25, 0.3) is 11.3 Å². The van der Waals surface area contributed by atoms with Crippen molar-refractivity contribution >= 4 is 33.3 Å². The molecule has 0 bridgehead atoms. The maximum absolute atomic E-state index is 5.89. The maximum atomic E-state index is 5.89. The molecule has 14 heavy (non-hydrogen) atoms. The van der Waals surface area contributed by atoms with Crippen LogP contribution < -0.4 is 5.73 Å². The Kier molecular flexibility index (Phi) is 2.24. The van der Waals surface area contributed by atoms with Gasteiger partial charge in [0.2, 0.25) is 0 Å². The molecule has 0 amide bonds. The molecular formula is C7H6BrClN4O. The zero-order chi connectivity index (χ0) is 10.3. The van der Waals surface area contributed by atoms with Crippen LogP contribution in [0.1, 0.15) is 0 Å². The number of hydrogen-bond acceptors (Lipinski definition) is 4. The fraction of sp³-hybridized carbons (Fsp3) is 0.143. The van der Waals surface area contributed by atoms with Gasteiger partial charge in [0.05, 0.1) is 11.8 Å². The van der Waals surface area contributed by atoms with E-state index in [1.54, 1.807) is 17.9 Å². The Labute approximate surface area is 92.9 Å². The van der Waals surface area contributed by atoms with Gasteiger partial charge in [0, 0.05) is 7.05 Å². The predicted octanol–water partition coefficient (Wildman–Crippen LogP) is 2.07. The molecule has 2 aromatic heterocycles. The molecule has 7 heteroatoms. The van der Waals surface area contributed by atoms with E-state index in [9.17, 15) is 0 Å². The molecule has 0 saturated heterocycles. The summed E-state index contributed by atoms with van der Waals surface area (Å²) in [6, 6.07) is 0. The first-order chi connectivity index (χ1) is 6.61. The minimum atomic E-state index is 0.178. The molecule has 0 atom stereocenters. The van der Waals surface area contributed by atoms with Crippen molar-refractivity contribution in [3.63, 3.8) is 0 Å². The van der Waals surface area contributed by atoms with Crippen molar-refractivity contribution in [2.24, 2.45) is 7.05 Å². The third-order valence-electron chi connectivity index (χ3n) is 1.77. The summed E-state index contributed by atoms with van der Waals surface area (Å²) in [6.45, 7) is 0. The summed E-state index contributed by atoms with van der Waals surface area (Å²) in [6.07, 6.45) is 1.62. The second kappa shape index (κ2) is 3.29. The van der Waals surface area contributed by atoms with Crippen molar-refractivity contribution < 1.29 is 4.52 Å². The van der Waals surface area contributed by atoms with Gasteiger partial charge in [-0.3, -0.25) is 4.68 Å². The van der Waals surface area contributed by atoms with Crippen LogP contribution in [-0.2, 0) is 7.05 Å². The highest BCUT2D eigenvalue weighted by molar-refractivity contribution is 9.10. The predicted molar refractivity (Wildman–Crippen MR) is 55.8 cm³/mol. The Morgan fingerprint density at radius 1 is 1.64 bits per heavy atom. The highest BCUT2D eigenvalue weighted by Crippen LogP contribution is 2.35. The molecule has 0 saturated carbocycles. The monoisotopic (exact) mass is 276 g/mol. The molecule has 0 aliphatic heterocycles. The van der Waals surface area contributed by atoms with Gasteiger partial charge in [-0.15, -0.1) is 0 Å². The molecule has 2 aromatic rings. The Hall–Kier alpha value is -1.01. The minimum absolute atomic E-state index is 0.178. The summed E-state index contributed by atoms with van der Waals surface area (Å²) < 4.78 is 7.39. The van der Waals surface area contributed by atoms with E-state index >= 15 is 0 Å². The van der Waals surface area contributed by atoms with Crippen LogP contribution in [0.3, 0.4) is 0 Å². The Bertz CT molecular complexity index is 434. The number of rotatable bonds is 1. The first-order valence-electron chi connectivity index (χ1n) is 3.69. The fourth-order valence-electron chi connectivity index (χ4n) is 1.03. The van der Waals surface area contributed by atoms with Crippen LogP contribution in [0.5, 0.6) is 0 Å². The van der Waals surface area contributed by atoms with Crippen LogP contribution in [0.4, 0.5) is 5.82 Å². The van der Waals surface area contributed by atoms with E-state index < -0.39 is 0 Å². The number of anilines is 1. The summed E-state index contributed by atoms with van der Waals surface area (Å²) in [5.74, 6) is 0.599. The van der Waals surface area contributed by atoms with Crippen molar-refractivity contribution in [2.75, 3.05) is 5.73 Å². The number of hydrogen-bond donors (Lipinski definition) is 1. The van der Waals surface area contributed by atoms with Crippen LogP contribution >= 0.6 is 27.5 Å². The highest BCUT2D eigenvalue weighted by Gasteiger charge is 2.18. The normalized spacial score (nSPS) is 10.8. The molecule has 0 radical (unpaired) electrons. The van der Waals surface area contributed by atoms with Gasteiger partial charge in [0.1, 0.15) is 9.63 Å². The molecule has 5 nitrogen and oxygen atoms in total. The fourth-order valence-corrected chi connectivity index (χ4v) is 1.58. The number of nitrogens with zero attached hydrogens (tertiary/aromatic N) is 3. The van der Waals surface area contributed by atoms with Gasteiger partial charge in [-0.05, 0) is 15.9 Å². The molecule has 0 spiro atoms. The first-order valence-corrected chi connectivity index (χ1v) is 4.87. The summed E-state index contributed by atoms with van der Waals surface area (Å²) in [5, 5.41) is 7.89. The van der Waals surface area contributed by atoms with Crippen molar-refractivity contribution in [3.8, 4) is 11.3 Å². The number of aryl methyl sites for hydroxylation is 1. The molecule has 74 valence electrons. The third-order valence-corrected chi connectivity index (χ3v) is 3.08. The lowest BCUT2D eigenvalue weighted by Gasteiger charge is -1.93. The van der Waals surface area contributed by atoms with Crippen molar-refractivity contribution in [1.82, 2.24) is 14.9 Å². The summed E-state index contributed by atoms with van der Waals surface area (Å²) in [7, 11) is 1.79. The topological polar surface area (TPSA) is 69.9 Å². The second-order valence-electron chi connectivity index (χ2n) is 2.68. The van der Waals surface area contributed by atoms with E-state index in [1.165, 1.54) is 0 Å². The standard InChI is InChI=1S/C7H6BrClN4O/c1-13-6(8)3(2-11-13)5-4(9)7(10)12-14-5/h2H,1H3,(H2,10,12). The molecule has 2 heterocycles. The lowest BCUT2D eigenvalue weighted by molar-refractivity contribution is 0.435. The summed E-state index contributed by atoms with van der Waals surface area (Å²) in [5.41, 5.74) is 6.18. The van der Waals surface area contributed by atoms with E-state index in [0.717, 1.165) is 10.2 Å². The van der Waals surface area contributed by atoms with E-state index in [0.29, 0.717) is 10.8 Å². The molecule has 0 aliphatic carbocycles. The van der Waals surface area contributed by atoms with Gasteiger partial charge in [0.25, 0.3) is 0 Å². The summed E-state index contributed by atoms with van der Waals surface area (Å²) in [4.78, 5) is 0. The van der Waals surface area contributed by atoms with E-state index in [1.807, 2.05) is 0 Å². The number of halogens is 2. The van der Waals surface area contributed by atoms with Gasteiger partial charge >= 0.3 is 0 Å². The Morgan fingerprint density at radius 2 is 2.36 bits per heavy atom. The third kappa shape index (κ3) is 1.31. The number of aromatic nitrogens is 3. The zero-order valence-corrected chi connectivity index (χ0v) is 9.50. The van der Waals surface area contributed by atoms with E-state index in [-0.39, 0.29) is 5.82 Å². The van der Waals surface area contributed by atoms with Crippen molar-refractivity contribution in [1.29, 1.82) is 0 Å². The molecular weight excluding hydrogens is 271 g/mol. The van der Waals surface area contributed by atoms with Gasteiger partial charge in [-0.2, -0.15) is 5.10 Å². The molecule has 0 fully saturated rings. The lowest BCUT2D eigenvalue weighted by atomic mass is 10.3. The average molecular weight is 278 g/mol. The van der Waals surface area contributed by atoms with Crippen LogP contribution in [0.15, 0.2) is 15.3 Å². The molecule has 0 aromatic carbocycles. The van der Waals surface area contributed by atoms with Crippen molar-refractivity contribution in [2.45, 2.75) is 0 Å². The van der Waals surface area contributed by atoms with E-state index in [2.05, 4.69) is 26.2 Å². The van der Waals surface area contributed by atoms with Gasteiger partial charge < -0.3 is 10.3 Å². The van der Waals surface area contributed by atoms with Crippen molar-refractivity contribution in [3.05, 3.63) is 15.8 Å².